The van der Waals surface area contributed by atoms with Crippen LogP contribution in [0.4, 0.5) is 13.2 Å². The molecule has 0 spiro atoms. The molecule has 3 N–H and O–H groups in total. The number of hydrogen-bond donors (Lipinski definition) is 3. The summed E-state index contributed by atoms with van der Waals surface area (Å²) in [5.74, 6) is -3.52. The molecule has 0 aromatic carbocycles. The van der Waals surface area contributed by atoms with Crippen molar-refractivity contribution in [1.82, 2.24) is 5.32 Å². The zero-order valence-corrected chi connectivity index (χ0v) is 11.9. The molecule has 1 amide bonds. The standard InChI is InChI=1S/C12H17F3N2O5/c1-6(2)22-11(21)8(4-3-7(18)5-16)17-10(20)9(19)12(13,14)15/h5-6,8-9,16,19H,3-4H2,1-2H3,(H,17,20)/t8-,9+/m0/s1. The summed E-state index contributed by atoms with van der Waals surface area (Å²) >= 11 is 0. The van der Waals surface area contributed by atoms with Crippen LogP contribution in [0.25, 0.3) is 0 Å². The van der Waals surface area contributed by atoms with Crippen molar-refractivity contribution in [1.29, 1.82) is 5.41 Å². The van der Waals surface area contributed by atoms with E-state index in [4.69, 9.17) is 15.3 Å². The second kappa shape index (κ2) is 8.47. The molecule has 0 radical (unpaired) electrons. The van der Waals surface area contributed by atoms with E-state index in [2.05, 4.69) is 0 Å². The second-order valence-corrected chi connectivity index (χ2v) is 4.64. The summed E-state index contributed by atoms with van der Waals surface area (Å²) < 4.78 is 41.4. The van der Waals surface area contributed by atoms with Gasteiger partial charge >= 0.3 is 12.1 Å². The van der Waals surface area contributed by atoms with Crippen molar-refractivity contribution in [2.45, 2.75) is 51.1 Å². The zero-order valence-electron chi connectivity index (χ0n) is 11.9. The minimum Gasteiger partial charge on any atom is -0.461 e. The molecular formula is C12H17F3N2O5. The van der Waals surface area contributed by atoms with Crippen LogP contribution in [-0.2, 0) is 19.1 Å². The van der Waals surface area contributed by atoms with Crippen molar-refractivity contribution >= 4 is 23.9 Å². The van der Waals surface area contributed by atoms with E-state index in [1.54, 1.807) is 5.32 Å². The molecule has 126 valence electrons. The van der Waals surface area contributed by atoms with Gasteiger partial charge in [-0.2, -0.15) is 13.2 Å². The summed E-state index contributed by atoms with van der Waals surface area (Å²) in [5, 5.41) is 17.2. The van der Waals surface area contributed by atoms with Crippen LogP contribution in [0.3, 0.4) is 0 Å². The zero-order chi connectivity index (χ0) is 17.5. The topological polar surface area (TPSA) is 117 Å². The second-order valence-electron chi connectivity index (χ2n) is 4.64. The van der Waals surface area contributed by atoms with Gasteiger partial charge in [0.25, 0.3) is 5.91 Å². The predicted octanol–water partition coefficient (Wildman–Crippen LogP) is 0.345. The predicted molar refractivity (Wildman–Crippen MR) is 68.2 cm³/mol. The van der Waals surface area contributed by atoms with Gasteiger partial charge in [0, 0.05) is 6.42 Å². The van der Waals surface area contributed by atoms with Gasteiger partial charge in [0.15, 0.2) is 5.78 Å². The van der Waals surface area contributed by atoms with E-state index >= 15 is 0 Å². The van der Waals surface area contributed by atoms with Crippen molar-refractivity contribution in [3.63, 3.8) is 0 Å². The van der Waals surface area contributed by atoms with Gasteiger partial charge in [0.2, 0.25) is 6.10 Å². The average Bonchev–Trinajstić information content (AvgIpc) is 2.39. The Balaban J connectivity index is 4.91. The smallest absolute Gasteiger partial charge is 0.423 e. The molecular weight excluding hydrogens is 309 g/mol. The number of hydrogen-bond acceptors (Lipinski definition) is 6. The Morgan fingerprint density at radius 3 is 2.27 bits per heavy atom. The first-order chi connectivity index (χ1) is 9.98. The molecule has 0 aromatic heterocycles. The van der Waals surface area contributed by atoms with E-state index in [0.29, 0.717) is 6.21 Å². The Labute approximate surface area is 124 Å². The van der Waals surface area contributed by atoms with Crippen LogP contribution in [0.1, 0.15) is 26.7 Å². The number of halogens is 3. The molecule has 0 saturated carbocycles. The normalized spacial score (nSPS) is 14.1. The van der Waals surface area contributed by atoms with E-state index in [0.717, 1.165) is 0 Å². The highest BCUT2D eigenvalue weighted by molar-refractivity contribution is 6.26. The number of nitrogens with one attached hydrogen (secondary N) is 2. The third-order valence-corrected chi connectivity index (χ3v) is 2.35. The number of esters is 1. The van der Waals surface area contributed by atoms with E-state index < -0.39 is 42.1 Å². The summed E-state index contributed by atoms with van der Waals surface area (Å²) in [4.78, 5) is 34.0. The van der Waals surface area contributed by atoms with Crippen molar-refractivity contribution < 1.29 is 37.4 Å². The first kappa shape index (κ1) is 20.0. The van der Waals surface area contributed by atoms with Gasteiger partial charge in [-0.05, 0) is 20.3 Å². The average molecular weight is 326 g/mol. The maximum atomic E-state index is 12.2. The lowest BCUT2D eigenvalue weighted by Gasteiger charge is -2.21. The van der Waals surface area contributed by atoms with Crippen LogP contribution in [-0.4, -0.2) is 53.4 Å². The number of alkyl halides is 3. The molecule has 22 heavy (non-hydrogen) atoms. The largest absolute Gasteiger partial charge is 0.461 e. The molecule has 0 unspecified atom stereocenters. The number of ether oxygens (including phenoxy) is 1. The molecule has 10 heteroatoms. The molecule has 7 nitrogen and oxygen atoms in total. The fraction of sp³-hybridized carbons (Fsp3) is 0.667. The van der Waals surface area contributed by atoms with Crippen LogP contribution in [0.15, 0.2) is 0 Å². The Bertz CT molecular complexity index is 437. The fourth-order valence-corrected chi connectivity index (χ4v) is 1.32. The minimum absolute atomic E-state index is 0.343. The van der Waals surface area contributed by atoms with Gasteiger partial charge in [-0.15, -0.1) is 0 Å². The third-order valence-electron chi connectivity index (χ3n) is 2.35. The molecule has 0 aliphatic rings. The lowest BCUT2D eigenvalue weighted by Crippen LogP contribution is -2.51. The van der Waals surface area contributed by atoms with Crippen molar-refractivity contribution in [3.8, 4) is 0 Å². The summed E-state index contributed by atoms with van der Waals surface area (Å²) in [7, 11) is 0. The fourth-order valence-electron chi connectivity index (χ4n) is 1.32. The van der Waals surface area contributed by atoms with Crippen LogP contribution in [0.2, 0.25) is 0 Å². The van der Waals surface area contributed by atoms with Crippen LogP contribution in [0, 0.1) is 5.41 Å². The van der Waals surface area contributed by atoms with Crippen molar-refractivity contribution in [2.75, 3.05) is 0 Å². The molecule has 0 aliphatic carbocycles. The number of aliphatic hydroxyl groups is 1. The maximum Gasteiger partial charge on any atom is 0.423 e. The Morgan fingerprint density at radius 1 is 1.32 bits per heavy atom. The molecule has 0 fully saturated rings. The Morgan fingerprint density at radius 2 is 1.86 bits per heavy atom. The maximum absolute atomic E-state index is 12.2. The third kappa shape index (κ3) is 7.16. The first-order valence-electron chi connectivity index (χ1n) is 6.28. The quantitative estimate of drug-likeness (QED) is 0.439. The van der Waals surface area contributed by atoms with Gasteiger partial charge in [-0.25, -0.2) is 4.79 Å². The number of carbonyl (C=O) groups excluding carboxylic acids is 3. The number of carbonyl (C=O) groups is 3. The van der Waals surface area contributed by atoms with Crippen LogP contribution in [0.5, 0.6) is 0 Å². The summed E-state index contributed by atoms with van der Waals surface area (Å²) in [6, 6.07) is -1.53. The summed E-state index contributed by atoms with van der Waals surface area (Å²) in [5.41, 5.74) is 0. The van der Waals surface area contributed by atoms with Gasteiger partial charge < -0.3 is 20.6 Å². The van der Waals surface area contributed by atoms with E-state index in [1.165, 1.54) is 13.8 Å². The highest BCUT2D eigenvalue weighted by Crippen LogP contribution is 2.20. The highest BCUT2D eigenvalue weighted by Gasteiger charge is 2.44. The number of amides is 1. The first-order valence-corrected chi connectivity index (χ1v) is 6.28. The number of rotatable bonds is 8. The van der Waals surface area contributed by atoms with Gasteiger partial charge in [-0.3, -0.25) is 9.59 Å². The monoisotopic (exact) mass is 326 g/mol. The molecule has 0 aliphatic heterocycles. The summed E-state index contributed by atoms with van der Waals surface area (Å²) in [6.45, 7) is 2.98. The van der Waals surface area contributed by atoms with E-state index in [9.17, 15) is 27.6 Å². The highest BCUT2D eigenvalue weighted by atomic mass is 19.4. The number of aliphatic hydroxyl groups excluding tert-OH is 1. The Hall–Kier alpha value is -1.97. The van der Waals surface area contributed by atoms with Gasteiger partial charge in [0.1, 0.15) is 6.04 Å². The summed E-state index contributed by atoms with van der Waals surface area (Å²) in [6.07, 6.45) is -9.27. The van der Waals surface area contributed by atoms with Crippen molar-refractivity contribution in [3.05, 3.63) is 0 Å². The van der Waals surface area contributed by atoms with Crippen molar-refractivity contribution in [2.24, 2.45) is 0 Å². The molecule has 0 heterocycles. The molecule has 2 atom stereocenters. The van der Waals surface area contributed by atoms with Crippen LogP contribution >= 0.6 is 0 Å². The SMILES string of the molecule is CC(C)OC(=O)[C@H](CCC(=O)C=N)NC(=O)[C@@H](O)C(F)(F)F. The molecule has 0 aromatic rings. The number of Topliss-reactive ketones (excluding diaryl/α,β-unsaturated/α-hetero) is 1. The molecule has 0 saturated heterocycles. The molecule has 0 rings (SSSR count). The van der Waals surface area contributed by atoms with E-state index in [1.807, 2.05) is 0 Å². The van der Waals surface area contributed by atoms with Crippen LogP contribution < -0.4 is 5.32 Å². The van der Waals surface area contributed by atoms with Gasteiger partial charge in [0.05, 0.1) is 12.3 Å². The lowest BCUT2D eigenvalue weighted by molar-refractivity contribution is -0.205. The number of ketones is 1. The molecule has 0 bridgehead atoms. The lowest BCUT2D eigenvalue weighted by atomic mass is 10.1. The van der Waals surface area contributed by atoms with E-state index in [-0.39, 0.29) is 12.8 Å². The Kier molecular flexibility index (Phi) is 7.71. The minimum atomic E-state index is -5.18. The van der Waals surface area contributed by atoms with Gasteiger partial charge in [-0.1, -0.05) is 0 Å².